The zero-order chi connectivity index (χ0) is 12.1. The smallest absolute Gasteiger partial charge is 0.323 e. The predicted octanol–water partition coefficient (Wildman–Crippen LogP) is -0.413. The van der Waals surface area contributed by atoms with Crippen molar-refractivity contribution in [3.8, 4) is 0 Å². The van der Waals surface area contributed by atoms with Crippen molar-refractivity contribution in [3.63, 3.8) is 0 Å². The average molecular weight is 226 g/mol. The maximum absolute atomic E-state index is 10.5. The van der Waals surface area contributed by atoms with Gasteiger partial charge in [-0.1, -0.05) is 0 Å². The lowest BCUT2D eigenvalue weighted by atomic mass is 10.2. The van der Waals surface area contributed by atoms with E-state index in [1.165, 1.54) is 4.90 Å². The van der Waals surface area contributed by atoms with E-state index in [0.717, 1.165) is 0 Å². The summed E-state index contributed by atoms with van der Waals surface area (Å²) in [4.78, 5) is 16.0. The lowest BCUT2D eigenvalue weighted by Gasteiger charge is -2.18. The number of hydrogen-bond acceptors (Lipinski definition) is 5. The molecule has 0 aliphatic carbocycles. The molecule has 0 radical (unpaired) electrons. The number of carboxylic acid groups (broad SMARTS) is 1. The van der Waals surface area contributed by atoms with Crippen molar-refractivity contribution >= 4 is 11.7 Å². The number of carboxylic acids is 1. The summed E-state index contributed by atoms with van der Waals surface area (Å²) in [5.41, 5.74) is 1.41. The molecular weight excluding hydrogens is 212 g/mol. The number of likely N-dealkylation sites (N-methyl/N-ethyl adjacent to an activating group) is 1. The molecule has 0 saturated heterocycles. The fourth-order valence-electron chi connectivity index (χ4n) is 1.31. The molecule has 6 nitrogen and oxygen atoms in total. The predicted molar refractivity (Wildman–Crippen MR) is 57.0 cm³/mol. The summed E-state index contributed by atoms with van der Waals surface area (Å²) in [7, 11) is 1.62. The fraction of sp³-hybridized carbons (Fsp3) is 0.400. The van der Waals surface area contributed by atoms with Gasteiger partial charge in [-0.3, -0.25) is 9.78 Å². The first-order chi connectivity index (χ1) is 7.56. The minimum Gasteiger partial charge on any atom is -0.480 e. The molecule has 0 saturated carbocycles. The molecule has 0 aliphatic heterocycles. The van der Waals surface area contributed by atoms with Crippen molar-refractivity contribution in [1.82, 2.24) is 4.98 Å². The Morgan fingerprint density at radius 2 is 1.81 bits per heavy atom. The number of hydrogen-bond donors (Lipinski definition) is 3. The highest BCUT2D eigenvalue weighted by Crippen LogP contribution is 2.15. The highest BCUT2D eigenvalue weighted by Gasteiger charge is 2.08. The highest BCUT2D eigenvalue weighted by atomic mass is 16.4. The van der Waals surface area contributed by atoms with E-state index in [2.05, 4.69) is 4.98 Å². The van der Waals surface area contributed by atoms with E-state index >= 15 is 0 Å². The summed E-state index contributed by atoms with van der Waals surface area (Å²) in [5, 5.41) is 26.6. The lowest BCUT2D eigenvalue weighted by molar-refractivity contribution is -0.135. The Morgan fingerprint density at radius 1 is 1.31 bits per heavy atom. The standard InChI is InChI=1S/C10H14N2O4/c1-12(4-10(15)16)9-2-7(5-13)11-8(3-9)6-14/h2-3,13-14H,4-6H2,1H3,(H,15,16). The summed E-state index contributed by atoms with van der Waals surface area (Å²) < 4.78 is 0. The molecule has 0 bridgehead atoms. The molecule has 1 rings (SSSR count). The van der Waals surface area contributed by atoms with Crippen LogP contribution in [0.1, 0.15) is 11.4 Å². The molecule has 1 aromatic heterocycles. The number of carbonyl (C=O) groups is 1. The highest BCUT2D eigenvalue weighted by molar-refractivity contribution is 5.73. The van der Waals surface area contributed by atoms with E-state index in [9.17, 15) is 4.79 Å². The Bertz CT molecular complexity index is 359. The summed E-state index contributed by atoms with van der Waals surface area (Å²) in [6.45, 7) is -0.650. The molecule has 0 aromatic carbocycles. The number of aliphatic hydroxyl groups excluding tert-OH is 2. The molecule has 6 heteroatoms. The van der Waals surface area contributed by atoms with Crippen LogP contribution >= 0.6 is 0 Å². The van der Waals surface area contributed by atoms with Crippen molar-refractivity contribution in [2.75, 3.05) is 18.5 Å². The second-order valence-corrected chi connectivity index (χ2v) is 3.37. The lowest BCUT2D eigenvalue weighted by Crippen LogP contribution is -2.25. The van der Waals surface area contributed by atoms with Gasteiger partial charge in [0.1, 0.15) is 6.54 Å². The molecule has 0 aliphatic rings. The van der Waals surface area contributed by atoms with Crippen LogP contribution in [0.2, 0.25) is 0 Å². The maximum Gasteiger partial charge on any atom is 0.323 e. The first kappa shape index (κ1) is 12.4. The van der Waals surface area contributed by atoms with Gasteiger partial charge in [-0.05, 0) is 12.1 Å². The zero-order valence-corrected chi connectivity index (χ0v) is 8.92. The molecule has 0 amide bonds. The molecule has 0 fully saturated rings. The van der Waals surface area contributed by atoms with Gasteiger partial charge in [0.05, 0.1) is 24.6 Å². The van der Waals surface area contributed by atoms with E-state index < -0.39 is 5.97 Å². The number of aromatic nitrogens is 1. The van der Waals surface area contributed by atoms with Gasteiger partial charge in [0.15, 0.2) is 0 Å². The van der Waals surface area contributed by atoms with Gasteiger partial charge in [0.2, 0.25) is 0 Å². The van der Waals surface area contributed by atoms with Gasteiger partial charge in [0.25, 0.3) is 0 Å². The van der Waals surface area contributed by atoms with Crippen LogP contribution in [0.5, 0.6) is 0 Å². The van der Waals surface area contributed by atoms with Crippen LogP contribution < -0.4 is 4.90 Å². The van der Waals surface area contributed by atoms with Gasteiger partial charge < -0.3 is 20.2 Å². The summed E-state index contributed by atoms with van der Waals surface area (Å²) >= 11 is 0. The van der Waals surface area contributed by atoms with Gasteiger partial charge in [0, 0.05) is 12.7 Å². The van der Waals surface area contributed by atoms with Crippen molar-refractivity contribution in [1.29, 1.82) is 0 Å². The number of rotatable bonds is 5. The van der Waals surface area contributed by atoms with E-state index in [1.54, 1.807) is 19.2 Å². The van der Waals surface area contributed by atoms with Crippen LogP contribution in [-0.4, -0.2) is 39.9 Å². The van der Waals surface area contributed by atoms with E-state index in [1.807, 2.05) is 0 Å². The largest absolute Gasteiger partial charge is 0.480 e. The second-order valence-electron chi connectivity index (χ2n) is 3.37. The summed E-state index contributed by atoms with van der Waals surface area (Å²) in [6.07, 6.45) is 0. The Labute approximate surface area is 92.8 Å². The normalized spacial score (nSPS) is 10.2. The molecule has 3 N–H and O–H groups in total. The molecule has 1 heterocycles. The number of aliphatic carboxylic acids is 1. The summed E-state index contributed by atoms with van der Waals surface area (Å²) in [6, 6.07) is 3.17. The number of nitrogens with zero attached hydrogens (tertiary/aromatic N) is 2. The van der Waals surface area contributed by atoms with Crippen LogP contribution in [0.4, 0.5) is 5.69 Å². The third-order valence-electron chi connectivity index (χ3n) is 2.05. The Morgan fingerprint density at radius 3 is 2.19 bits per heavy atom. The van der Waals surface area contributed by atoms with Crippen molar-refractivity contribution in [2.45, 2.75) is 13.2 Å². The van der Waals surface area contributed by atoms with Gasteiger partial charge in [-0.2, -0.15) is 0 Å². The summed E-state index contributed by atoms with van der Waals surface area (Å²) in [5.74, 6) is -0.949. The van der Waals surface area contributed by atoms with Crippen LogP contribution in [0.3, 0.4) is 0 Å². The van der Waals surface area contributed by atoms with E-state index in [4.69, 9.17) is 15.3 Å². The van der Waals surface area contributed by atoms with Crippen LogP contribution in [0.15, 0.2) is 12.1 Å². The second kappa shape index (κ2) is 5.43. The molecule has 88 valence electrons. The van der Waals surface area contributed by atoms with E-state index in [0.29, 0.717) is 17.1 Å². The van der Waals surface area contributed by atoms with Crippen LogP contribution in [-0.2, 0) is 18.0 Å². The molecular formula is C10H14N2O4. The first-order valence-corrected chi connectivity index (χ1v) is 4.71. The van der Waals surface area contributed by atoms with Crippen LogP contribution in [0.25, 0.3) is 0 Å². The molecule has 0 spiro atoms. The van der Waals surface area contributed by atoms with Gasteiger partial charge >= 0.3 is 5.97 Å². The molecule has 0 atom stereocenters. The fourth-order valence-corrected chi connectivity index (χ4v) is 1.31. The number of aliphatic hydroxyl groups is 2. The van der Waals surface area contributed by atoms with Crippen molar-refractivity contribution in [3.05, 3.63) is 23.5 Å². The van der Waals surface area contributed by atoms with Gasteiger partial charge in [-0.25, -0.2) is 0 Å². The Balaban J connectivity index is 2.97. The Kier molecular flexibility index (Phi) is 4.21. The van der Waals surface area contributed by atoms with Gasteiger partial charge in [-0.15, -0.1) is 0 Å². The number of pyridine rings is 1. The van der Waals surface area contributed by atoms with Crippen molar-refractivity contribution in [2.24, 2.45) is 0 Å². The Hall–Kier alpha value is -1.66. The van der Waals surface area contributed by atoms with Crippen LogP contribution in [0, 0.1) is 0 Å². The molecule has 16 heavy (non-hydrogen) atoms. The maximum atomic E-state index is 10.5. The van der Waals surface area contributed by atoms with Crippen molar-refractivity contribution < 1.29 is 20.1 Å². The zero-order valence-electron chi connectivity index (χ0n) is 8.92. The minimum absolute atomic E-state index is 0.153. The third-order valence-corrected chi connectivity index (χ3v) is 2.05. The average Bonchev–Trinajstić information content (AvgIpc) is 2.27. The minimum atomic E-state index is -0.949. The first-order valence-electron chi connectivity index (χ1n) is 4.71. The molecule has 1 aromatic rings. The topological polar surface area (TPSA) is 93.9 Å². The third kappa shape index (κ3) is 3.18. The quantitative estimate of drug-likeness (QED) is 0.631. The van der Waals surface area contributed by atoms with E-state index in [-0.39, 0.29) is 19.8 Å². The monoisotopic (exact) mass is 226 g/mol. The number of anilines is 1. The SMILES string of the molecule is CN(CC(=O)O)c1cc(CO)nc(CO)c1. The molecule has 0 unspecified atom stereocenters.